The minimum absolute atomic E-state index is 1.14. The third-order valence-corrected chi connectivity index (χ3v) is 11.9. The number of hydrogen-bond acceptors (Lipinski definition) is 1. The Hall–Kier alpha value is -3.33. The van der Waals surface area contributed by atoms with E-state index >= 15 is 0 Å². The van der Waals surface area contributed by atoms with E-state index in [1.165, 1.54) is 25.6 Å². The van der Waals surface area contributed by atoms with Crippen molar-refractivity contribution >= 4 is 40.6 Å². The van der Waals surface area contributed by atoms with Crippen molar-refractivity contribution in [2.45, 2.75) is 9.79 Å². The average Bonchev–Trinajstić information content (AvgIpc) is 2.88. The molecule has 0 saturated carbocycles. The maximum absolute atomic E-state index is 3.39. The maximum Gasteiger partial charge on any atom is 0.180 e. The number of rotatable bonds is 6. The van der Waals surface area contributed by atoms with E-state index in [0.717, 1.165) is 4.90 Å². The lowest BCUT2D eigenvalue weighted by Crippen LogP contribution is -2.75. The molecular weight excluding hydrogens is 420 g/mol. The summed E-state index contributed by atoms with van der Waals surface area (Å²) in [5.41, 5.74) is 0. The van der Waals surface area contributed by atoms with Crippen LogP contribution in [0.3, 0.4) is 0 Å². The molecule has 0 saturated heterocycles. The minimum Gasteiger partial charge on any atom is -0.0895 e. The van der Waals surface area contributed by atoms with Crippen LogP contribution >= 0.6 is 11.8 Å². The van der Waals surface area contributed by atoms with Gasteiger partial charge in [-0.05, 0) is 38.9 Å². The predicted molar refractivity (Wildman–Crippen MR) is 139 cm³/mol. The topological polar surface area (TPSA) is 0 Å². The molecule has 0 nitrogen and oxygen atoms in total. The number of hydrogen-bond donors (Lipinski definition) is 0. The fourth-order valence-corrected chi connectivity index (χ4v) is 10.7. The Kier molecular flexibility index (Phi) is 6.06. The molecule has 5 aromatic rings. The van der Waals surface area contributed by atoms with Crippen molar-refractivity contribution in [3.63, 3.8) is 0 Å². The van der Waals surface area contributed by atoms with Gasteiger partial charge in [-0.1, -0.05) is 139 Å². The Bertz CT molecular complexity index is 1170. The maximum atomic E-state index is 3.39. The minimum atomic E-state index is -2.53. The first-order valence-electron chi connectivity index (χ1n) is 10.8. The Morgan fingerprint density at radius 1 is 0.469 bits per heavy atom. The van der Waals surface area contributed by atoms with Crippen molar-refractivity contribution in [3.8, 4) is 0 Å². The molecule has 1 radical (unpaired) electrons. The smallest absolute Gasteiger partial charge is 0.0895 e. The standard InChI is InChI=1S/C30H23SSi/c1-5-15-25(16-6-1)31-29-23-13-14-24-30(29)32(26-17-7-2-8-18-26,27-19-9-3-10-20-27)28-21-11-4-12-22-28/h1-15,17-24H. The van der Waals surface area contributed by atoms with Crippen molar-refractivity contribution in [2.24, 2.45) is 0 Å². The van der Waals surface area contributed by atoms with Gasteiger partial charge in [-0.15, -0.1) is 0 Å². The van der Waals surface area contributed by atoms with E-state index in [1.807, 2.05) is 12.1 Å². The van der Waals surface area contributed by atoms with Crippen LogP contribution in [0.15, 0.2) is 149 Å². The summed E-state index contributed by atoms with van der Waals surface area (Å²) in [6.45, 7) is 0. The monoisotopic (exact) mass is 443 g/mol. The van der Waals surface area contributed by atoms with Crippen LogP contribution < -0.4 is 20.7 Å². The molecule has 32 heavy (non-hydrogen) atoms. The van der Waals surface area contributed by atoms with Gasteiger partial charge in [0.1, 0.15) is 0 Å². The fraction of sp³-hybridized carbons (Fsp3) is 0. The molecule has 0 aliphatic carbocycles. The van der Waals surface area contributed by atoms with Gasteiger partial charge in [0.15, 0.2) is 8.07 Å². The third kappa shape index (κ3) is 3.84. The second kappa shape index (κ2) is 9.43. The molecule has 0 bridgehead atoms. The molecule has 0 spiro atoms. The molecule has 0 fully saturated rings. The summed E-state index contributed by atoms with van der Waals surface area (Å²) in [7, 11) is -2.53. The van der Waals surface area contributed by atoms with Crippen LogP contribution in [0.4, 0.5) is 0 Å². The Morgan fingerprint density at radius 3 is 1.44 bits per heavy atom. The summed E-state index contributed by atoms with van der Waals surface area (Å²) in [6.07, 6.45) is 0. The molecule has 153 valence electrons. The van der Waals surface area contributed by atoms with Crippen molar-refractivity contribution < 1.29 is 0 Å². The highest BCUT2D eigenvalue weighted by Gasteiger charge is 2.42. The van der Waals surface area contributed by atoms with Gasteiger partial charge in [-0.3, -0.25) is 0 Å². The van der Waals surface area contributed by atoms with E-state index in [1.54, 1.807) is 11.8 Å². The summed E-state index contributed by atoms with van der Waals surface area (Å²) < 4.78 is 0. The third-order valence-electron chi connectivity index (χ3n) is 5.81. The SMILES string of the molecule is [c]1ccccc1Sc1ccccc1[Si](c1ccccc1)(c1ccccc1)c1ccccc1. The quantitative estimate of drug-likeness (QED) is 0.262. The van der Waals surface area contributed by atoms with Crippen LogP contribution in [0, 0.1) is 6.07 Å². The van der Waals surface area contributed by atoms with Gasteiger partial charge in [-0.25, -0.2) is 0 Å². The summed E-state index contributed by atoms with van der Waals surface area (Å²) in [5, 5.41) is 5.58. The van der Waals surface area contributed by atoms with E-state index in [0.29, 0.717) is 0 Å². The van der Waals surface area contributed by atoms with Crippen LogP contribution in [0.5, 0.6) is 0 Å². The molecule has 0 atom stereocenters. The van der Waals surface area contributed by atoms with E-state index in [2.05, 4.69) is 133 Å². The first kappa shape index (κ1) is 20.6. The Labute approximate surface area is 195 Å². The van der Waals surface area contributed by atoms with Crippen LogP contribution in [-0.2, 0) is 0 Å². The second-order valence-corrected chi connectivity index (χ2v) is 12.5. The zero-order valence-electron chi connectivity index (χ0n) is 17.7. The van der Waals surface area contributed by atoms with Gasteiger partial charge in [-0.2, -0.15) is 0 Å². The van der Waals surface area contributed by atoms with Gasteiger partial charge in [0.25, 0.3) is 0 Å². The van der Waals surface area contributed by atoms with Crippen LogP contribution in [0.25, 0.3) is 0 Å². The van der Waals surface area contributed by atoms with Crippen molar-refractivity contribution in [2.75, 3.05) is 0 Å². The Balaban J connectivity index is 1.84. The molecule has 0 N–H and O–H groups in total. The van der Waals surface area contributed by atoms with Gasteiger partial charge in [0.2, 0.25) is 0 Å². The molecule has 0 aliphatic heterocycles. The molecule has 0 aliphatic rings. The lowest BCUT2D eigenvalue weighted by Gasteiger charge is -2.35. The summed E-state index contributed by atoms with van der Waals surface area (Å²) in [4.78, 5) is 2.43. The van der Waals surface area contributed by atoms with Gasteiger partial charge in [0.05, 0.1) is 0 Å². The summed E-state index contributed by atoms with van der Waals surface area (Å²) in [6, 6.07) is 53.7. The van der Waals surface area contributed by atoms with Gasteiger partial charge < -0.3 is 0 Å². The van der Waals surface area contributed by atoms with Crippen LogP contribution in [0.1, 0.15) is 0 Å². The van der Waals surface area contributed by atoms with Crippen molar-refractivity contribution in [1.82, 2.24) is 0 Å². The molecule has 0 amide bonds. The lowest BCUT2D eigenvalue weighted by atomic mass is 10.3. The van der Waals surface area contributed by atoms with E-state index in [4.69, 9.17) is 0 Å². The fourth-order valence-electron chi connectivity index (χ4n) is 4.46. The molecule has 2 heteroatoms. The Morgan fingerprint density at radius 2 is 0.938 bits per heavy atom. The van der Waals surface area contributed by atoms with Gasteiger partial charge in [0, 0.05) is 9.79 Å². The van der Waals surface area contributed by atoms with Crippen LogP contribution in [0.2, 0.25) is 0 Å². The first-order valence-corrected chi connectivity index (χ1v) is 13.6. The van der Waals surface area contributed by atoms with E-state index in [9.17, 15) is 0 Å². The van der Waals surface area contributed by atoms with Gasteiger partial charge >= 0.3 is 0 Å². The normalized spacial score (nSPS) is 11.2. The van der Waals surface area contributed by atoms with E-state index in [-0.39, 0.29) is 0 Å². The zero-order valence-corrected chi connectivity index (χ0v) is 19.5. The molecule has 0 unspecified atom stereocenters. The largest absolute Gasteiger partial charge is 0.180 e. The average molecular weight is 444 g/mol. The van der Waals surface area contributed by atoms with Crippen LogP contribution in [-0.4, -0.2) is 8.07 Å². The highest BCUT2D eigenvalue weighted by Crippen LogP contribution is 2.27. The summed E-state index contributed by atoms with van der Waals surface area (Å²) in [5.74, 6) is 0. The van der Waals surface area contributed by atoms with E-state index < -0.39 is 8.07 Å². The zero-order chi connectivity index (χ0) is 21.6. The lowest BCUT2D eigenvalue weighted by molar-refractivity contribution is 1.41. The second-order valence-electron chi connectivity index (χ2n) is 7.67. The molecule has 5 rings (SSSR count). The highest BCUT2D eigenvalue weighted by atomic mass is 32.2. The van der Waals surface area contributed by atoms with Crippen molar-refractivity contribution in [3.05, 3.63) is 146 Å². The predicted octanol–water partition coefficient (Wildman–Crippen LogP) is 5.02. The summed E-state index contributed by atoms with van der Waals surface area (Å²) >= 11 is 1.80. The number of benzene rings is 5. The first-order chi connectivity index (χ1) is 15.9. The molecule has 0 aromatic heterocycles. The molecule has 0 heterocycles. The highest BCUT2D eigenvalue weighted by molar-refractivity contribution is 7.99. The molecular formula is C30H23SSi. The molecule has 5 aromatic carbocycles. The van der Waals surface area contributed by atoms with Crippen molar-refractivity contribution in [1.29, 1.82) is 0 Å².